The van der Waals surface area contributed by atoms with Crippen LogP contribution in [0.4, 0.5) is 0 Å². The van der Waals surface area contributed by atoms with E-state index in [0.29, 0.717) is 19.4 Å². The van der Waals surface area contributed by atoms with Crippen molar-refractivity contribution < 1.29 is 19.1 Å². The molecule has 2 fully saturated rings. The Balaban J connectivity index is 1.70. The quantitative estimate of drug-likeness (QED) is 0.590. The minimum absolute atomic E-state index is 0.0669. The lowest BCUT2D eigenvalue weighted by Gasteiger charge is -2.46. The van der Waals surface area contributed by atoms with Gasteiger partial charge in [-0.3, -0.25) is 14.5 Å². The van der Waals surface area contributed by atoms with Gasteiger partial charge in [-0.2, -0.15) is 0 Å². The number of nitrogens with zero attached hydrogens (tertiary/aromatic N) is 1. The normalized spacial score (nSPS) is 26.6. The third-order valence-corrected chi connectivity index (χ3v) is 6.26. The van der Waals surface area contributed by atoms with Crippen molar-refractivity contribution in [3.8, 4) is 0 Å². The van der Waals surface area contributed by atoms with Gasteiger partial charge >= 0.3 is 5.97 Å². The highest BCUT2D eigenvalue weighted by atomic mass is 16.5. The van der Waals surface area contributed by atoms with Crippen LogP contribution >= 0.6 is 0 Å². The fraction of sp³-hybridized carbons (Fsp3) is 0.435. The van der Waals surface area contributed by atoms with Crippen LogP contribution in [0.15, 0.2) is 49.1 Å². The van der Waals surface area contributed by atoms with Crippen LogP contribution in [0.25, 0.3) is 6.08 Å². The molecular weight excluding hydrogens is 354 g/mol. The zero-order valence-corrected chi connectivity index (χ0v) is 16.5. The second-order valence-electron chi connectivity index (χ2n) is 8.24. The van der Waals surface area contributed by atoms with Gasteiger partial charge < -0.3 is 4.74 Å². The second-order valence-corrected chi connectivity index (χ2v) is 8.24. The number of carbonyl (C=O) groups is 3. The number of hydrogen-bond donors (Lipinski definition) is 0. The molecule has 2 bridgehead atoms. The molecule has 2 amide bonds. The molecule has 0 spiro atoms. The summed E-state index contributed by atoms with van der Waals surface area (Å²) < 4.78 is 5.69. The highest BCUT2D eigenvalue weighted by Gasteiger charge is 2.49. The molecule has 0 aromatic heterocycles. The Labute approximate surface area is 166 Å². The van der Waals surface area contributed by atoms with Crippen LogP contribution in [0.2, 0.25) is 0 Å². The zero-order chi connectivity index (χ0) is 20.3. The lowest BCUT2D eigenvalue weighted by atomic mass is 9.61. The molecule has 0 N–H and O–H groups in total. The molecule has 0 unspecified atom stereocenters. The Morgan fingerprint density at radius 1 is 1.18 bits per heavy atom. The first-order valence-electron chi connectivity index (χ1n) is 9.71. The van der Waals surface area contributed by atoms with Gasteiger partial charge in [-0.25, -0.2) is 4.79 Å². The number of carbonyl (C=O) groups excluding carboxylic acids is 3. The summed E-state index contributed by atoms with van der Waals surface area (Å²) in [5.41, 5.74) is 0.830. The van der Waals surface area contributed by atoms with Crippen molar-refractivity contribution in [2.24, 2.45) is 17.3 Å². The highest BCUT2D eigenvalue weighted by Crippen LogP contribution is 2.49. The maximum atomic E-state index is 12.6. The van der Waals surface area contributed by atoms with Gasteiger partial charge in [-0.05, 0) is 47.8 Å². The van der Waals surface area contributed by atoms with Gasteiger partial charge in [0.05, 0.1) is 0 Å². The first kappa shape index (κ1) is 20.1. The van der Waals surface area contributed by atoms with E-state index in [2.05, 4.69) is 20.4 Å². The van der Waals surface area contributed by atoms with Crippen LogP contribution in [0.1, 0.15) is 38.7 Å². The van der Waals surface area contributed by atoms with Crippen LogP contribution in [-0.2, 0) is 19.1 Å². The van der Waals surface area contributed by atoms with Gasteiger partial charge in [0.2, 0.25) is 5.91 Å². The maximum Gasteiger partial charge on any atom is 0.331 e. The number of hydrogen-bond acceptors (Lipinski definition) is 4. The smallest absolute Gasteiger partial charge is 0.331 e. The number of esters is 1. The SMILES string of the molecule is C=CC(=O)N1C[C@H]2C[C@@H](OC(=O)/C=C/c3ccccc3)C[C@@H](CC1=O)C2(C)C. The molecular formula is C23H27NO4. The average molecular weight is 381 g/mol. The van der Waals surface area contributed by atoms with Crippen molar-refractivity contribution in [2.45, 2.75) is 39.2 Å². The van der Waals surface area contributed by atoms with E-state index in [9.17, 15) is 14.4 Å². The van der Waals surface area contributed by atoms with Gasteiger partial charge in [0.1, 0.15) is 6.10 Å². The van der Waals surface area contributed by atoms with E-state index in [1.807, 2.05) is 30.3 Å². The van der Waals surface area contributed by atoms with Gasteiger partial charge in [-0.1, -0.05) is 50.8 Å². The summed E-state index contributed by atoms with van der Waals surface area (Å²) in [5.74, 6) is -0.750. The van der Waals surface area contributed by atoms with Crippen molar-refractivity contribution in [3.05, 3.63) is 54.6 Å². The minimum Gasteiger partial charge on any atom is -0.459 e. The van der Waals surface area contributed by atoms with Crippen molar-refractivity contribution >= 4 is 23.9 Å². The molecule has 2 aliphatic rings. The summed E-state index contributed by atoms with van der Waals surface area (Å²) in [6.07, 6.45) is 5.68. The molecule has 1 aliphatic heterocycles. The number of rotatable bonds is 4. The minimum atomic E-state index is -0.379. The van der Waals surface area contributed by atoms with Crippen LogP contribution in [0.5, 0.6) is 0 Å². The van der Waals surface area contributed by atoms with Crippen LogP contribution in [-0.4, -0.2) is 35.3 Å². The monoisotopic (exact) mass is 381 g/mol. The Morgan fingerprint density at radius 2 is 1.86 bits per heavy atom. The number of benzene rings is 1. The molecule has 5 nitrogen and oxygen atoms in total. The first-order chi connectivity index (χ1) is 13.3. The summed E-state index contributed by atoms with van der Waals surface area (Å²) in [4.78, 5) is 38.3. The van der Waals surface area contributed by atoms with E-state index in [1.165, 1.54) is 17.1 Å². The second kappa shape index (κ2) is 8.13. The standard InChI is InChI=1S/C23H27NO4/c1-4-20(25)24-15-18-13-19(12-17(14-21(24)26)23(18,2)3)28-22(27)11-10-16-8-6-5-7-9-16/h4-11,17-19H,1,12-15H2,2-3H3/b11-10+/t17-,18+,19-/m0/s1. The molecule has 1 saturated carbocycles. The molecule has 3 atom stereocenters. The maximum absolute atomic E-state index is 12.6. The predicted molar refractivity (Wildman–Crippen MR) is 107 cm³/mol. The van der Waals surface area contributed by atoms with Crippen molar-refractivity contribution in [2.75, 3.05) is 6.54 Å². The Morgan fingerprint density at radius 3 is 2.54 bits per heavy atom. The fourth-order valence-electron chi connectivity index (χ4n) is 4.32. The number of amides is 2. The summed E-state index contributed by atoms with van der Waals surface area (Å²) in [6, 6.07) is 9.57. The van der Waals surface area contributed by atoms with E-state index in [4.69, 9.17) is 4.74 Å². The summed E-state index contributed by atoms with van der Waals surface area (Å²) >= 11 is 0. The summed E-state index contributed by atoms with van der Waals surface area (Å²) in [5, 5.41) is 0. The van der Waals surface area contributed by atoms with E-state index in [0.717, 1.165) is 5.56 Å². The van der Waals surface area contributed by atoms with Gasteiger partial charge in [0.15, 0.2) is 0 Å². The Bertz CT molecular complexity index is 796. The summed E-state index contributed by atoms with van der Waals surface area (Å²) in [7, 11) is 0. The number of likely N-dealkylation sites (tertiary alicyclic amines) is 1. The van der Waals surface area contributed by atoms with Crippen molar-refractivity contribution in [1.82, 2.24) is 4.90 Å². The molecule has 1 aromatic carbocycles. The van der Waals surface area contributed by atoms with Crippen LogP contribution < -0.4 is 0 Å². The fourth-order valence-corrected chi connectivity index (χ4v) is 4.32. The molecule has 28 heavy (non-hydrogen) atoms. The predicted octanol–water partition coefficient (Wildman–Crippen LogP) is 3.61. The van der Waals surface area contributed by atoms with Gasteiger partial charge in [0, 0.05) is 19.0 Å². The van der Waals surface area contributed by atoms with E-state index < -0.39 is 0 Å². The Kier molecular flexibility index (Phi) is 5.82. The molecule has 5 heteroatoms. The lowest BCUT2D eigenvalue weighted by Crippen LogP contribution is -2.45. The molecule has 148 valence electrons. The van der Waals surface area contributed by atoms with Crippen LogP contribution in [0.3, 0.4) is 0 Å². The topological polar surface area (TPSA) is 63.7 Å². The van der Waals surface area contributed by atoms with Crippen LogP contribution in [0, 0.1) is 17.3 Å². The first-order valence-corrected chi connectivity index (χ1v) is 9.71. The third-order valence-electron chi connectivity index (χ3n) is 6.26. The number of fused-ring (bicyclic) bond motifs is 2. The lowest BCUT2D eigenvalue weighted by molar-refractivity contribution is -0.149. The third kappa shape index (κ3) is 4.24. The molecule has 1 heterocycles. The van der Waals surface area contributed by atoms with E-state index in [1.54, 1.807) is 6.08 Å². The summed E-state index contributed by atoms with van der Waals surface area (Å²) in [6.45, 7) is 8.14. The van der Waals surface area contributed by atoms with Crippen molar-refractivity contribution in [3.63, 3.8) is 0 Å². The average Bonchev–Trinajstić information content (AvgIpc) is 2.72. The molecule has 1 saturated heterocycles. The van der Waals surface area contributed by atoms with E-state index in [-0.39, 0.29) is 47.6 Å². The number of ether oxygens (including phenoxy) is 1. The molecule has 0 radical (unpaired) electrons. The van der Waals surface area contributed by atoms with Crippen molar-refractivity contribution in [1.29, 1.82) is 0 Å². The van der Waals surface area contributed by atoms with Gasteiger partial charge in [-0.15, -0.1) is 0 Å². The molecule has 1 aromatic rings. The number of imide groups is 1. The highest BCUT2D eigenvalue weighted by molar-refractivity contribution is 6.01. The molecule has 3 rings (SSSR count). The Hall–Kier alpha value is -2.69. The van der Waals surface area contributed by atoms with E-state index >= 15 is 0 Å². The van der Waals surface area contributed by atoms with Gasteiger partial charge in [0.25, 0.3) is 5.91 Å². The molecule has 1 aliphatic carbocycles. The largest absolute Gasteiger partial charge is 0.459 e. The zero-order valence-electron chi connectivity index (χ0n) is 16.5.